The van der Waals surface area contributed by atoms with Gasteiger partial charge in [0.1, 0.15) is 11.6 Å². The van der Waals surface area contributed by atoms with Crippen LogP contribution in [-0.2, 0) is 6.54 Å². The molecule has 0 radical (unpaired) electrons. The number of para-hydroxylation sites is 1. The molecule has 0 fully saturated rings. The summed E-state index contributed by atoms with van der Waals surface area (Å²) in [6.45, 7) is 2.14. The Labute approximate surface area is 191 Å². The van der Waals surface area contributed by atoms with Crippen LogP contribution in [-0.4, -0.2) is 19.5 Å². The largest absolute Gasteiger partial charge is 0.467 e. The number of thioether (sulfide) groups is 1. The zero-order chi connectivity index (χ0) is 22.2. The molecule has 32 heavy (non-hydrogen) atoms. The maximum absolute atomic E-state index is 13.3. The van der Waals surface area contributed by atoms with Gasteiger partial charge in [-0.2, -0.15) is 0 Å². The summed E-state index contributed by atoms with van der Waals surface area (Å²) >= 11 is 7.46. The molecule has 0 aliphatic heterocycles. The summed E-state index contributed by atoms with van der Waals surface area (Å²) in [6.07, 6.45) is 1.56. The van der Waals surface area contributed by atoms with Crippen LogP contribution in [0.1, 0.15) is 23.8 Å². The van der Waals surface area contributed by atoms with Crippen molar-refractivity contribution < 1.29 is 4.42 Å². The van der Waals surface area contributed by atoms with Gasteiger partial charge in [0, 0.05) is 5.02 Å². The standard InChI is InChI=1S/C23H17ClN4O3S/c1-13(20-25-18-7-3-2-6-16(18)21(29)27-20)32-23-26-19-11-14(24)8-9-17(19)22(30)28(23)12-15-5-4-10-31-15/h2-11,13H,12H2,1H3,(H,25,27,29). The molecule has 0 aliphatic carbocycles. The molecule has 1 atom stereocenters. The Kier molecular flexibility index (Phi) is 5.32. The van der Waals surface area contributed by atoms with Crippen molar-refractivity contribution in [3.63, 3.8) is 0 Å². The van der Waals surface area contributed by atoms with Crippen molar-refractivity contribution in [1.29, 1.82) is 0 Å². The van der Waals surface area contributed by atoms with Crippen molar-refractivity contribution in [3.8, 4) is 0 Å². The molecule has 7 nitrogen and oxygen atoms in total. The molecule has 3 heterocycles. The Hall–Kier alpha value is -3.36. The lowest BCUT2D eigenvalue weighted by Gasteiger charge is -2.16. The predicted octanol–water partition coefficient (Wildman–Crippen LogP) is 4.78. The van der Waals surface area contributed by atoms with E-state index in [0.29, 0.717) is 43.6 Å². The number of hydrogen-bond acceptors (Lipinski definition) is 6. The second-order valence-corrected chi connectivity index (χ2v) is 9.00. The molecule has 160 valence electrons. The van der Waals surface area contributed by atoms with E-state index in [2.05, 4.69) is 9.97 Å². The van der Waals surface area contributed by atoms with E-state index in [1.165, 1.54) is 11.8 Å². The van der Waals surface area contributed by atoms with Crippen molar-refractivity contribution in [2.45, 2.75) is 23.9 Å². The molecule has 2 aromatic carbocycles. The van der Waals surface area contributed by atoms with Crippen LogP contribution in [0.5, 0.6) is 0 Å². The Balaban J connectivity index is 1.61. The van der Waals surface area contributed by atoms with Crippen molar-refractivity contribution in [2.75, 3.05) is 0 Å². The predicted molar refractivity (Wildman–Crippen MR) is 125 cm³/mol. The Morgan fingerprint density at radius 1 is 1.06 bits per heavy atom. The minimum atomic E-state index is -0.279. The van der Waals surface area contributed by atoms with E-state index in [0.717, 1.165) is 0 Å². The minimum absolute atomic E-state index is 0.197. The maximum atomic E-state index is 13.3. The van der Waals surface area contributed by atoms with Crippen molar-refractivity contribution in [3.05, 3.63) is 98.2 Å². The van der Waals surface area contributed by atoms with Crippen LogP contribution in [0, 0.1) is 0 Å². The maximum Gasteiger partial charge on any atom is 0.262 e. The molecule has 1 unspecified atom stereocenters. The molecule has 3 aromatic heterocycles. The second kappa shape index (κ2) is 8.29. The Morgan fingerprint density at radius 3 is 2.72 bits per heavy atom. The first-order valence-electron chi connectivity index (χ1n) is 9.88. The molecule has 5 rings (SSSR count). The van der Waals surface area contributed by atoms with Crippen LogP contribution in [0.3, 0.4) is 0 Å². The number of aromatic amines is 1. The quantitative estimate of drug-likeness (QED) is 0.297. The lowest BCUT2D eigenvalue weighted by Crippen LogP contribution is -2.24. The van der Waals surface area contributed by atoms with Crippen LogP contribution < -0.4 is 11.1 Å². The first kappa shape index (κ1) is 20.5. The summed E-state index contributed by atoms with van der Waals surface area (Å²) < 4.78 is 7.02. The zero-order valence-corrected chi connectivity index (χ0v) is 18.5. The van der Waals surface area contributed by atoms with Crippen molar-refractivity contribution in [2.24, 2.45) is 0 Å². The van der Waals surface area contributed by atoms with Gasteiger partial charge in [0.25, 0.3) is 11.1 Å². The fraction of sp³-hybridized carbons (Fsp3) is 0.130. The second-order valence-electron chi connectivity index (χ2n) is 7.25. The minimum Gasteiger partial charge on any atom is -0.467 e. The highest BCUT2D eigenvalue weighted by Crippen LogP contribution is 2.32. The number of furan rings is 1. The highest BCUT2D eigenvalue weighted by Gasteiger charge is 2.19. The van der Waals surface area contributed by atoms with Gasteiger partial charge >= 0.3 is 0 Å². The molecule has 0 bridgehead atoms. The van der Waals surface area contributed by atoms with Crippen LogP contribution in [0.2, 0.25) is 5.02 Å². The summed E-state index contributed by atoms with van der Waals surface area (Å²) in [7, 11) is 0. The molecule has 5 aromatic rings. The number of aromatic nitrogens is 4. The van der Waals surface area contributed by atoms with Gasteiger partial charge in [-0.25, -0.2) is 9.97 Å². The first-order valence-corrected chi connectivity index (χ1v) is 11.1. The third-order valence-electron chi connectivity index (χ3n) is 5.07. The molecule has 1 N–H and O–H groups in total. The van der Waals surface area contributed by atoms with Crippen LogP contribution in [0.4, 0.5) is 0 Å². The highest BCUT2D eigenvalue weighted by atomic mass is 35.5. The third-order valence-corrected chi connectivity index (χ3v) is 6.41. The SMILES string of the molecule is CC(Sc1nc2cc(Cl)ccc2c(=O)n1Cc1ccco1)c1nc2ccccc2c(=O)[nH]1. The lowest BCUT2D eigenvalue weighted by atomic mass is 10.2. The number of hydrogen-bond donors (Lipinski definition) is 1. The summed E-state index contributed by atoms with van der Waals surface area (Å²) in [5, 5.41) is 1.69. The first-order chi connectivity index (χ1) is 15.5. The third kappa shape index (κ3) is 3.83. The average molecular weight is 465 g/mol. The molecular weight excluding hydrogens is 448 g/mol. The fourth-order valence-corrected chi connectivity index (χ4v) is 4.60. The van der Waals surface area contributed by atoms with E-state index in [9.17, 15) is 9.59 Å². The van der Waals surface area contributed by atoms with Gasteiger partial charge in [-0.05, 0) is 49.4 Å². The van der Waals surface area contributed by atoms with E-state index in [1.807, 2.05) is 13.0 Å². The van der Waals surface area contributed by atoms with E-state index >= 15 is 0 Å². The van der Waals surface area contributed by atoms with Gasteiger partial charge in [0.15, 0.2) is 5.16 Å². The average Bonchev–Trinajstić information content (AvgIpc) is 3.29. The number of rotatable bonds is 5. The summed E-state index contributed by atoms with van der Waals surface area (Å²) in [6, 6.07) is 15.8. The summed E-state index contributed by atoms with van der Waals surface area (Å²) in [5.41, 5.74) is 0.722. The van der Waals surface area contributed by atoms with Gasteiger partial charge in [0.05, 0.1) is 39.9 Å². The van der Waals surface area contributed by atoms with E-state index in [1.54, 1.807) is 59.4 Å². The highest BCUT2D eigenvalue weighted by molar-refractivity contribution is 7.99. The molecular formula is C23H17ClN4O3S. The van der Waals surface area contributed by atoms with Crippen LogP contribution >= 0.6 is 23.4 Å². The summed E-state index contributed by atoms with van der Waals surface area (Å²) in [4.78, 5) is 38.0. The fourth-order valence-electron chi connectivity index (χ4n) is 3.47. The number of nitrogens with zero attached hydrogens (tertiary/aromatic N) is 3. The molecule has 0 aliphatic rings. The molecule has 0 saturated carbocycles. The Bertz CT molecular complexity index is 1560. The number of fused-ring (bicyclic) bond motifs is 2. The molecule has 9 heteroatoms. The zero-order valence-electron chi connectivity index (χ0n) is 16.9. The van der Waals surface area contributed by atoms with Gasteiger partial charge in [-0.3, -0.25) is 14.2 Å². The lowest BCUT2D eigenvalue weighted by molar-refractivity contribution is 0.476. The van der Waals surface area contributed by atoms with Gasteiger partial charge < -0.3 is 9.40 Å². The molecule has 0 spiro atoms. The van der Waals surface area contributed by atoms with Gasteiger partial charge in [-0.1, -0.05) is 35.5 Å². The number of nitrogens with one attached hydrogen (secondary N) is 1. The monoisotopic (exact) mass is 464 g/mol. The van der Waals surface area contributed by atoms with E-state index < -0.39 is 0 Å². The topological polar surface area (TPSA) is 93.8 Å². The van der Waals surface area contributed by atoms with Crippen molar-refractivity contribution in [1.82, 2.24) is 19.5 Å². The molecule has 0 saturated heterocycles. The smallest absolute Gasteiger partial charge is 0.262 e. The number of halogens is 1. The van der Waals surface area contributed by atoms with Crippen molar-refractivity contribution >= 4 is 45.2 Å². The number of benzene rings is 2. The summed E-state index contributed by atoms with van der Waals surface area (Å²) in [5.74, 6) is 1.14. The number of H-pyrrole nitrogens is 1. The van der Waals surface area contributed by atoms with Gasteiger partial charge in [0.2, 0.25) is 0 Å². The van der Waals surface area contributed by atoms with Gasteiger partial charge in [-0.15, -0.1) is 0 Å². The molecule has 0 amide bonds. The van der Waals surface area contributed by atoms with E-state index in [4.69, 9.17) is 21.0 Å². The Morgan fingerprint density at radius 2 is 1.91 bits per heavy atom. The van der Waals surface area contributed by atoms with Crippen LogP contribution in [0.15, 0.2) is 80.0 Å². The van der Waals surface area contributed by atoms with E-state index in [-0.39, 0.29) is 22.9 Å². The van der Waals surface area contributed by atoms with Crippen LogP contribution in [0.25, 0.3) is 21.8 Å². The normalized spacial score (nSPS) is 12.4.